The van der Waals surface area contributed by atoms with Crippen molar-refractivity contribution < 1.29 is 37.0 Å². The average Bonchev–Trinajstić information content (AvgIpc) is 2.85. The van der Waals surface area contributed by atoms with Crippen LogP contribution in [-0.4, -0.2) is 65.5 Å². The normalized spacial score (nSPS) is 11.5. The van der Waals surface area contributed by atoms with Gasteiger partial charge in [0.1, 0.15) is 0 Å². The summed E-state index contributed by atoms with van der Waals surface area (Å²) in [6.45, 7) is 3.82. The molecular formula is C24H29NO8S. The molecule has 0 unspecified atom stereocenters. The van der Waals surface area contributed by atoms with Crippen LogP contribution in [0.25, 0.3) is 6.08 Å². The molecule has 0 aromatic heterocycles. The molecule has 0 fully saturated rings. The molecule has 0 amide bonds. The second kappa shape index (κ2) is 12.2. The van der Waals surface area contributed by atoms with Crippen LogP contribution >= 0.6 is 0 Å². The number of sulfonamides is 1. The summed E-state index contributed by atoms with van der Waals surface area (Å²) in [6.07, 6.45) is 2.64. The molecule has 0 aliphatic carbocycles. The molecule has 0 heterocycles. The zero-order chi connectivity index (χ0) is 25.3. The Morgan fingerprint density at radius 1 is 0.912 bits per heavy atom. The van der Waals surface area contributed by atoms with E-state index in [1.54, 1.807) is 26.0 Å². The van der Waals surface area contributed by atoms with Gasteiger partial charge in [0.2, 0.25) is 21.6 Å². The van der Waals surface area contributed by atoms with Crippen molar-refractivity contribution in [2.75, 3.05) is 41.0 Å². The van der Waals surface area contributed by atoms with Crippen LogP contribution in [-0.2, 0) is 19.6 Å². The highest BCUT2D eigenvalue weighted by atomic mass is 32.2. The number of methoxy groups -OCH3 is 3. The maximum absolute atomic E-state index is 12.5. The summed E-state index contributed by atoms with van der Waals surface area (Å²) >= 11 is 0. The standard InChI is InChI=1S/C24H29NO8S/c1-6-25(7-2)34(28,29)19-11-8-17(9-12-19)10-13-23(27)33-16-20(26)18-14-21(30-3)24(32-5)22(15-18)31-4/h8-15H,6-7,16H2,1-5H3/b13-10+. The molecule has 0 N–H and O–H groups in total. The van der Waals surface area contributed by atoms with Crippen molar-refractivity contribution in [2.45, 2.75) is 18.7 Å². The van der Waals surface area contributed by atoms with Gasteiger partial charge in [-0.15, -0.1) is 0 Å². The molecule has 9 nitrogen and oxygen atoms in total. The number of carbonyl (C=O) groups is 2. The third kappa shape index (κ3) is 6.36. The minimum atomic E-state index is -3.55. The summed E-state index contributed by atoms with van der Waals surface area (Å²) in [4.78, 5) is 24.7. The Kier molecular flexibility index (Phi) is 9.64. The van der Waals surface area contributed by atoms with Crippen molar-refractivity contribution in [1.82, 2.24) is 4.31 Å². The van der Waals surface area contributed by atoms with Gasteiger partial charge in [0.05, 0.1) is 26.2 Å². The van der Waals surface area contributed by atoms with E-state index in [4.69, 9.17) is 18.9 Å². The zero-order valence-electron chi connectivity index (χ0n) is 19.9. The third-order valence-corrected chi connectivity index (χ3v) is 7.03. The zero-order valence-corrected chi connectivity index (χ0v) is 20.7. The molecule has 2 aromatic rings. The summed E-state index contributed by atoms with van der Waals surface area (Å²) in [5.41, 5.74) is 0.836. The van der Waals surface area contributed by atoms with Crippen molar-refractivity contribution >= 4 is 27.9 Å². The van der Waals surface area contributed by atoms with Gasteiger partial charge in [-0.25, -0.2) is 13.2 Å². The minimum Gasteiger partial charge on any atom is -0.493 e. The highest BCUT2D eigenvalue weighted by Crippen LogP contribution is 2.38. The van der Waals surface area contributed by atoms with Gasteiger partial charge in [0.25, 0.3) is 0 Å². The summed E-state index contributed by atoms with van der Waals surface area (Å²) < 4.78 is 47.1. The Balaban J connectivity index is 2.03. The van der Waals surface area contributed by atoms with Gasteiger partial charge in [-0.05, 0) is 35.9 Å². The van der Waals surface area contributed by atoms with E-state index in [1.165, 1.54) is 56.0 Å². The predicted octanol–water partition coefficient (Wildman–Crippen LogP) is 3.18. The first kappa shape index (κ1) is 26.9. The largest absolute Gasteiger partial charge is 0.493 e. The van der Waals surface area contributed by atoms with Gasteiger partial charge in [-0.3, -0.25) is 4.79 Å². The molecule has 2 rings (SSSR count). The number of benzene rings is 2. The van der Waals surface area contributed by atoms with E-state index < -0.39 is 28.4 Å². The van der Waals surface area contributed by atoms with Crippen molar-refractivity contribution in [2.24, 2.45) is 0 Å². The van der Waals surface area contributed by atoms with Crippen LogP contribution < -0.4 is 14.2 Å². The van der Waals surface area contributed by atoms with Crippen molar-refractivity contribution in [3.8, 4) is 17.2 Å². The van der Waals surface area contributed by atoms with Crippen molar-refractivity contribution in [3.05, 3.63) is 53.6 Å². The maximum Gasteiger partial charge on any atom is 0.331 e. The molecule has 0 atom stereocenters. The van der Waals surface area contributed by atoms with Gasteiger partial charge < -0.3 is 18.9 Å². The Labute approximate surface area is 199 Å². The fourth-order valence-electron chi connectivity index (χ4n) is 3.14. The van der Waals surface area contributed by atoms with Crippen LogP contribution in [0.2, 0.25) is 0 Å². The number of rotatable bonds is 12. The second-order valence-electron chi connectivity index (χ2n) is 6.94. The predicted molar refractivity (Wildman–Crippen MR) is 127 cm³/mol. The van der Waals surface area contributed by atoms with Crippen molar-refractivity contribution in [1.29, 1.82) is 0 Å². The number of nitrogens with zero attached hydrogens (tertiary/aromatic N) is 1. The summed E-state index contributed by atoms with van der Waals surface area (Å²) in [7, 11) is 0.763. The highest BCUT2D eigenvalue weighted by Gasteiger charge is 2.21. The van der Waals surface area contributed by atoms with E-state index in [2.05, 4.69) is 0 Å². The van der Waals surface area contributed by atoms with E-state index in [9.17, 15) is 18.0 Å². The molecular weight excluding hydrogens is 462 g/mol. The number of hydrogen-bond donors (Lipinski definition) is 0. The van der Waals surface area contributed by atoms with Crippen LogP contribution in [0.4, 0.5) is 0 Å². The first-order valence-corrected chi connectivity index (χ1v) is 11.9. The quantitative estimate of drug-likeness (QED) is 0.253. The third-order valence-electron chi connectivity index (χ3n) is 4.97. The molecule has 0 spiro atoms. The summed E-state index contributed by atoms with van der Waals surface area (Å²) in [5, 5.41) is 0. The van der Waals surface area contributed by atoms with Gasteiger partial charge in [-0.2, -0.15) is 4.31 Å². The van der Waals surface area contributed by atoms with Crippen LogP contribution in [0, 0.1) is 0 Å². The fourth-order valence-corrected chi connectivity index (χ4v) is 4.60. The number of Topliss-reactive ketones (excluding diaryl/α,β-unsaturated/α-hetero) is 1. The van der Waals surface area contributed by atoms with Crippen LogP contribution in [0.15, 0.2) is 47.4 Å². The fraction of sp³-hybridized carbons (Fsp3) is 0.333. The lowest BCUT2D eigenvalue weighted by molar-refractivity contribution is -0.136. The van der Waals surface area contributed by atoms with Crippen LogP contribution in [0.3, 0.4) is 0 Å². The van der Waals surface area contributed by atoms with E-state index in [0.717, 1.165) is 6.08 Å². The molecule has 0 bridgehead atoms. The lowest BCUT2D eigenvalue weighted by Gasteiger charge is -2.18. The molecule has 0 aliphatic rings. The Hall–Kier alpha value is -3.37. The number of esters is 1. The van der Waals surface area contributed by atoms with Crippen molar-refractivity contribution in [3.63, 3.8) is 0 Å². The van der Waals surface area contributed by atoms with Gasteiger partial charge >= 0.3 is 5.97 Å². The number of ketones is 1. The second-order valence-corrected chi connectivity index (χ2v) is 8.87. The Morgan fingerprint density at radius 3 is 1.94 bits per heavy atom. The van der Waals surface area contributed by atoms with Crippen LogP contribution in [0.5, 0.6) is 17.2 Å². The molecule has 184 valence electrons. The highest BCUT2D eigenvalue weighted by molar-refractivity contribution is 7.89. The lowest BCUT2D eigenvalue weighted by Crippen LogP contribution is -2.30. The van der Waals surface area contributed by atoms with E-state index in [-0.39, 0.29) is 10.5 Å². The molecule has 10 heteroatoms. The molecule has 34 heavy (non-hydrogen) atoms. The van der Waals surface area contributed by atoms with E-state index in [0.29, 0.717) is 35.9 Å². The topological polar surface area (TPSA) is 108 Å². The lowest BCUT2D eigenvalue weighted by atomic mass is 10.1. The number of carbonyl (C=O) groups excluding carboxylic acids is 2. The molecule has 0 saturated heterocycles. The molecule has 0 radical (unpaired) electrons. The SMILES string of the molecule is CCN(CC)S(=O)(=O)c1ccc(/C=C/C(=O)OCC(=O)c2cc(OC)c(OC)c(OC)c2)cc1. The average molecular weight is 492 g/mol. The first-order chi connectivity index (χ1) is 16.2. The van der Waals surface area contributed by atoms with Gasteiger partial charge in [0, 0.05) is 24.7 Å². The smallest absolute Gasteiger partial charge is 0.331 e. The molecule has 0 saturated carbocycles. The summed E-state index contributed by atoms with van der Waals surface area (Å²) in [6, 6.07) is 9.07. The summed E-state index contributed by atoms with van der Waals surface area (Å²) in [5.74, 6) is -0.212. The molecule has 2 aromatic carbocycles. The Bertz CT molecular complexity index is 1110. The first-order valence-electron chi connectivity index (χ1n) is 10.5. The van der Waals surface area contributed by atoms with Gasteiger partial charge in [0.15, 0.2) is 18.1 Å². The number of ether oxygens (including phenoxy) is 4. The monoisotopic (exact) mass is 491 g/mol. The number of hydrogen-bond acceptors (Lipinski definition) is 8. The van der Waals surface area contributed by atoms with Crippen LogP contribution in [0.1, 0.15) is 29.8 Å². The maximum atomic E-state index is 12.5. The molecule has 0 aliphatic heterocycles. The van der Waals surface area contributed by atoms with Gasteiger partial charge in [-0.1, -0.05) is 26.0 Å². The Morgan fingerprint density at radius 2 is 1.47 bits per heavy atom. The minimum absolute atomic E-state index is 0.173. The van der Waals surface area contributed by atoms with E-state index in [1.807, 2.05) is 0 Å². The van der Waals surface area contributed by atoms with E-state index >= 15 is 0 Å².